The molecule has 7 nitrogen and oxygen atoms in total. The predicted molar refractivity (Wildman–Crippen MR) is 147 cm³/mol. The summed E-state index contributed by atoms with van der Waals surface area (Å²) in [5, 5.41) is 0.684. The van der Waals surface area contributed by atoms with Crippen LogP contribution in [0.1, 0.15) is 23.6 Å². The number of hydrogen-bond donors (Lipinski definition) is 0. The molecule has 37 heavy (non-hydrogen) atoms. The summed E-state index contributed by atoms with van der Waals surface area (Å²) < 4.78 is 33.5. The third-order valence-electron chi connectivity index (χ3n) is 6.87. The first-order valence-corrected chi connectivity index (χ1v) is 14.0. The summed E-state index contributed by atoms with van der Waals surface area (Å²) in [7, 11) is -0.713. The van der Waals surface area contributed by atoms with E-state index in [9.17, 15) is 13.2 Å². The standard InChI is InChI=1S/C28H32ClN3O4S/c1-21-9-12-23(29)19-26(21)31-15-17-32(18-16-31)28(33)20-27(22-10-13-24(36-3)14-11-22)30(2)37(34,35)25-7-5-4-6-8-25/h4-14,19,27H,15-18,20H2,1-3H3/t27-/m1/s1. The molecule has 196 valence electrons. The van der Waals surface area contributed by atoms with Crippen molar-refractivity contribution in [3.05, 3.63) is 88.9 Å². The zero-order chi connectivity index (χ0) is 26.6. The van der Waals surface area contributed by atoms with Crippen LogP contribution in [0.25, 0.3) is 0 Å². The first kappa shape index (κ1) is 27.0. The molecule has 1 atom stereocenters. The number of amides is 1. The van der Waals surface area contributed by atoms with E-state index in [4.69, 9.17) is 16.3 Å². The Morgan fingerprint density at radius 2 is 1.65 bits per heavy atom. The number of piperazine rings is 1. The van der Waals surface area contributed by atoms with E-state index in [0.717, 1.165) is 16.8 Å². The highest BCUT2D eigenvalue weighted by Gasteiger charge is 2.33. The number of aryl methyl sites for hydroxylation is 1. The SMILES string of the molecule is COc1ccc([C@@H](CC(=O)N2CCN(c3cc(Cl)ccc3C)CC2)N(C)S(=O)(=O)c2ccccc2)cc1. The molecule has 0 unspecified atom stereocenters. The van der Waals surface area contributed by atoms with Gasteiger partial charge >= 0.3 is 0 Å². The molecule has 1 fully saturated rings. The number of carbonyl (C=O) groups is 1. The number of nitrogens with zero attached hydrogens (tertiary/aromatic N) is 3. The van der Waals surface area contributed by atoms with Gasteiger partial charge < -0.3 is 14.5 Å². The molecule has 0 aromatic heterocycles. The lowest BCUT2D eigenvalue weighted by molar-refractivity contribution is -0.132. The minimum absolute atomic E-state index is 0.0328. The number of hydrogen-bond acceptors (Lipinski definition) is 5. The van der Waals surface area contributed by atoms with Crippen LogP contribution in [0.5, 0.6) is 5.75 Å². The van der Waals surface area contributed by atoms with Gasteiger partial charge in [-0.15, -0.1) is 0 Å². The smallest absolute Gasteiger partial charge is 0.243 e. The Bertz CT molecular complexity index is 1330. The number of rotatable bonds is 8. The van der Waals surface area contributed by atoms with Crippen LogP contribution >= 0.6 is 11.6 Å². The molecule has 1 aliphatic heterocycles. The molecule has 9 heteroatoms. The number of benzene rings is 3. The first-order chi connectivity index (χ1) is 17.7. The quantitative estimate of drug-likeness (QED) is 0.411. The van der Waals surface area contributed by atoms with Crippen LogP contribution in [0, 0.1) is 6.92 Å². The third kappa shape index (κ3) is 6.09. The second-order valence-corrected chi connectivity index (χ2v) is 11.6. The Hall–Kier alpha value is -3.07. The highest BCUT2D eigenvalue weighted by molar-refractivity contribution is 7.89. The van der Waals surface area contributed by atoms with Gasteiger partial charge in [-0.2, -0.15) is 4.31 Å². The van der Waals surface area contributed by atoms with Crippen LogP contribution in [0.3, 0.4) is 0 Å². The largest absolute Gasteiger partial charge is 0.497 e. The van der Waals surface area contributed by atoms with E-state index in [1.165, 1.54) is 11.4 Å². The summed E-state index contributed by atoms with van der Waals surface area (Å²) in [5.41, 5.74) is 2.94. The average Bonchev–Trinajstić information content (AvgIpc) is 2.93. The van der Waals surface area contributed by atoms with E-state index in [1.54, 1.807) is 49.6 Å². The fraction of sp³-hybridized carbons (Fsp3) is 0.321. The van der Waals surface area contributed by atoms with Crippen molar-refractivity contribution in [2.45, 2.75) is 24.3 Å². The van der Waals surface area contributed by atoms with Gasteiger partial charge in [0.1, 0.15) is 5.75 Å². The Balaban J connectivity index is 1.53. The van der Waals surface area contributed by atoms with Crippen LogP contribution in [0.4, 0.5) is 5.69 Å². The van der Waals surface area contributed by atoms with Gasteiger partial charge in [0.15, 0.2) is 0 Å². The topological polar surface area (TPSA) is 70.2 Å². The van der Waals surface area contributed by atoms with Gasteiger partial charge in [0.25, 0.3) is 0 Å². The van der Waals surface area contributed by atoms with Crippen molar-refractivity contribution in [2.75, 3.05) is 45.2 Å². The van der Waals surface area contributed by atoms with E-state index in [1.807, 2.05) is 42.2 Å². The van der Waals surface area contributed by atoms with Crippen LogP contribution in [-0.4, -0.2) is 63.9 Å². The van der Waals surface area contributed by atoms with E-state index in [-0.39, 0.29) is 17.2 Å². The van der Waals surface area contributed by atoms with Crippen molar-refractivity contribution in [1.29, 1.82) is 0 Å². The molecule has 0 radical (unpaired) electrons. The minimum atomic E-state index is -3.82. The fourth-order valence-electron chi connectivity index (χ4n) is 4.62. The lowest BCUT2D eigenvalue weighted by atomic mass is 10.0. The van der Waals surface area contributed by atoms with E-state index in [2.05, 4.69) is 4.90 Å². The van der Waals surface area contributed by atoms with Gasteiger partial charge in [-0.1, -0.05) is 48.0 Å². The van der Waals surface area contributed by atoms with Crippen molar-refractivity contribution in [3.8, 4) is 5.75 Å². The first-order valence-electron chi connectivity index (χ1n) is 12.2. The zero-order valence-electron chi connectivity index (χ0n) is 21.3. The van der Waals surface area contributed by atoms with E-state index in [0.29, 0.717) is 37.0 Å². The van der Waals surface area contributed by atoms with Crippen molar-refractivity contribution >= 4 is 33.2 Å². The van der Waals surface area contributed by atoms with Crippen molar-refractivity contribution in [3.63, 3.8) is 0 Å². The van der Waals surface area contributed by atoms with Gasteiger partial charge in [-0.3, -0.25) is 4.79 Å². The normalized spacial score (nSPS) is 15.1. The maximum atomic E-state index is 13.5. The van der Waals surface area contributed by atoms with E-state index >= 15 is 0 Å². The summed E-state index contributed by atoms with van der Waals surface area (Å²) in [4.78, 5) is 17.7. The third-order valence-corrected chi connectivity index (χ3v) is 8.99. The number of carbonyl (C=O) groups excluding carboxylic acids is 1. The van der Waals surface area contributed by atoms with Crippen LogP contribution in [0.15, 0.2) is 77.7 Å². The number of halogens is 1. The number of ether oxygens (including phenoxy) is 1. The molecule has 3 aromatic carbocycles. The molecule has 0 saturated carbocycles. The Labute approximate surface area is 224 Å². The number of sulfonamides is 1. The Morgan fingerprint density at radius 3 is 2.27 bits per heavy atom. The maximum Gasteiger partial charge on any atom is 0.243 e. The van der Waals surface area contributed by atoms with Gasteiger partial charge in [-0.25, -0.2) is 8.42 Å². The van der Waals surface area contributed by atoms with Gasteiger partial charge in [0.05, 0.1) is 18.0 Å². The molecule has 0 bridgehead atoms. The summed E-state index contributed by atoms with van der Waals surface area (Å²) in [5.74, 6) is 0.577. The second kappa shape index (κ2) is 11.5. The Kier molecular flexibility index (Phi) is 8.42. The maximum absolute atomic E-state index is 13.5. The number of anilines is 1. The highest BCUT2D eigenvalue weighted by atomic mass is 35.5. The molecule has 1 heterocycles. The van der Waals surface area contributed by atoms with Gasteiger partial charge in [0, 0.05) is 50.4 Å². The predicted octanol–water partition coefficient (Wildman–Crippen LogP) is 4.76. The molecule has 1 aliphatic rings. The summed E-state index contributed by atoms with van der Waals surface area (Å²) >= 11 is 6.21. The molecule has 1 amide bonds. The number of methoxy groups -OCH3 is 1. The minimum Gasteiger partial charge on any atom is -0.497 e. The molecular formula is C28H32ClN3O4S. The molecule has 0 N–H and O–H groups in total. The van der Waals surface area contributed by atoms with Crippen molar-refractivity contribution < 1.29 is 17.9 Å². The van der Waals surface area contributed by atoms with Gasteiger partial charge in [-0.05, 0) is 54.4 Å². The second-order valence-electron chi connectivity index (χ2n) is 9.13. The summed E-state index contributed by atoms with van der Waals surface area (Å²) in [6, 6.07) is 20.6. The molecule has 3 aromatic rings. The molecular weight excluding hydrogens is 510 g/mol. The average molecular weight is 542 g/mol. The summed E-state index contributed by atoms with van der Waals surface area (Å²) in [6.45, 7) is 4.51. The molecule has 0 aliphatic carbocycles. The van der Waals surface area contributed by atoms with Gasteiger partial charge in [0.2, 0.25) is 15.9 Å². The molecule has 0 spiro atoms. The highest BCUT2D eigenvalue weighted by Crippen LogP contribution is 2.31. The fourth-order valence-corrected chi connectivity index (χ4v) is 6.15. The molecule has 4 rings (SSSR count). The zero-order valence-corrected chi connectivity index (χ0v) is 22.9. The van der Waals surface area contributed by atoms with Crippen LogP contribution < -0.4 is 9.64 Å². The monoisotopic (exact) mass is 541 g/mol. The summed E-state index contributed by atoms with van der Waals surface area (Å²) in [6.07, 6.45) is 0.0328. The lowest BCUT2D eigenvalue weighted by Gasteiger charge is -2.38. The van der Waals surface area contributed by atoms with Crippen molar-refractivity contribution in [1.82, 2.24) is 9.21 Å². The Morgan fingerprint density at radius 1 is 1.00 bits per heavy atom. The lowest BCUT2D eigenvalue weighted by Crippen LogP contribution is -2.49. The van der Waals surface area contributed by atoms with Crippen molar-refractivity contribution in [2.24, 2.45) is 0 Å². The van der Waals surface area contributed by atoms with Crippen LogP contribution in [0.2, 0.25) is 5.02 Å². The van der Waals surface area contributed by atoms with E-state index < -0.39 is 16.1 Å². The molecule has 1 saturated heterocycles. The van der Waals surface area contributed by atoms with Crippen LogP contribution in [-0.2, 0) is 14.8 Å².